The van der Waals surface area contributed by atoms with Crippen LogP contribution in [0.15, 0.2) is 18.9 Å². The third-order valence-electron chi connectivity index (χ3n) is 4.16. The number of nitrogens with zero attached hydrogens (tertiary/aromatic N) is 4. The van der Waals surface area contributed by atoms with Crippen LogP contribution in [0.5, 0.6) is 0 Å². The number of carbonyl (C=O) groups is 1. The van der Waals surface area contributed by atoms with Gasteiger partial charge >= 0.3 is 5.37 Å². The number of fused-ring (bicyclic) bond motifs is 1. The molecule has 0 N–H and O–H groups in total. The van der Waals surface area contributed by atoms with Crippen LogP contribution in [0.4, 0.5) is 10.7 Å². The highest BCUT2D eigenvalue weighted by Gasteiger charge is 2.35. The van der Waals surface area contributed by atoms with Crippen molar-refractivity contribution in [1.29, 1.82) is 0 Å². The molecule has 0 bridgehead atoms. The predicted molar refractivity (Wildman–Crippen MR) is 87.1 cm³/mol. The summed E-state index contributed by atoms with van der Waals surface area (Å²) in [5.41, 5.74) is 1.23. The molecule has 3 rings (SSSR count). The van der Waals surface area contributed by atoms with Gasteiger partial charge in [0.2, 0.25) is 5.95 Å². The van der Waals surface area contributed by atoms with Crippen LogP contribution < -0.4 is 4.90 Å². The molecule has 0 aromatic carbocycles. The average molecular weight is 357 g/mol. The first kappa shape index (κ1) is 16.2. The summed E-state index contributed by atoms with van der Waals surface area (Å²) in [6.45, 7) is 6.64. The monoisotopic (exact) mass is 356 g/mol. The number of hydrogen-bond donors (Lipinski definition) is 0. The van der Waals surface area contributed by atoms with Crippen LogP contribution in [-0.2, 0) is 21.3 Å². The van der Waals surface area contributed by atoms with Crippen molar-refractivity contribution in [3.8, 4) is 0 Å². The third-order valence-corrected chi connectivity index (χ3v) is 5.81. The lowest BCUT2D eigenvalue weighted by Gasteiger charge is -2.43. The third kappa shape index (κ3) is 3.05. The summed E-state index contributed by atoms with van der Waals surface area (Å²) < 4.78 is 23.4. The largest absolute Gasteiger partial charge is 0.336 e. The first-order valence-electron chi connectivity index (χ1n) is 7.21. The number of piperazine rings is 1. The first-order chi connectivity index (χ1) is 10.8. The highest BCUT2D eigenvalue weighted by molar-refractivity contribution is 7.90. The molecule has 1 fully saturated rings. The Morgan fingerprint density at radius 3 is 2.83 bits per heavy atom. The maximum absolute atomic E-state index is 11.7. The Morgan fingerprint density at radius 2 is 2.17 bits per heavy atom. The second-order valence-corrected chi connectivity index (χ2v) is 8.28. The molecule has 2 atom stereocenters. The molecule has 0 radical (unpaired) electrons. The summed E-state index contributed by atoms with van der Waals surface area (Å²) in [4.78, 5) is 23.8. The van der Waals surface area contributed by atoms with Crippen LogP contribution in [0.25, 0.3) is 0 Å². The highest BCUT2D eigenvalue weighted by atomic mass is 35.5. The van der Waals surface area contributed by atoms with E-state index < -0.39 is 15.2 Å². The number of amides is 1. The van der Waals surface area contributed by atoms with Crippen LogP contribution in [0.1, 0.15) is 18.2 Å². The molecular formula is C14H17ClN4O3S. The summed E-state index contributed by atoms with van der Waals surface area (Å²) >= 11 is 5.65. The Kier molecular flexibility index (Phi) is 4.05. The topological polar surface area (TPSA) is 83.5 Å². The molecule has 1 aromatic rings. The quantitative estimate of drug-likeness (QED) is 0.451. The fourth-order valence-electron chi connectivity index (χ4n) is 3.10. The molecule has 9 heteroatoms. The van der Waals surface area contributed by atoms with Crippen molar-refractivity contribution in [2.24, 2.45) is 0 Å². The van der Waals surface area contributed by atoms with Crippen molar-refractivity contribution >= 4 is 32.8 Å². The standard InChI is InChI=1S/C14H17ClN4O3S/c1-3-11-6-18(5-9(2)19(11)13(15)20)14-16-4-10-7-23(21,22)8-12(10)17-14/h3-4,9,11H,1,5-8H2,2H3/t9-,11+/m0/s1. The SMILES string of the molecule is C=C[C@@H]1CN(c2ncc3c(n2)CS(=O)(=O)C3)C[C@H](C)N1C(=O)Cl. The molecule has 3 heterocycles. The summed E-state index contributed by atoms with van der Waals surface area (Å²) in [5, 5.41) is -0.511. The molecule has 0 spiro atoms. The van der Waals surface area contributed by atoms with Crippen LogP contribution in [0, 0.1) is 0 Å². The molecule has 1 aromatic heterocycles. The molecular weight excluding hydrogens is 340 g/mol. The first-order valence-corrected chi connectivity index (χ1v) is 9.41. The number of hydrogen-bond acceptors (Lipinski definition) is 6. The van der Waals surface area contributed by atoms with Gasteiger partial charge in [-0.25, -0.2) is 18.4 Å². The van der Waals surface area contributed by atoms with Crippen molar-refractivity contribution in [1.82, 2.24) is 14.9 Å². The van der Waals surface area contributed by atoms with E-state index in [1.54, 1.807) is 17.2 Å². The van der Waals surface area contributed by atoms with Crippen LogP contribution >= 0.6 is 11.6 Å². The molecule has 0 saturated carbocycles. The maximum Gasteiger partial charge on any atom is 0.317 e. The second kappa shape index (κ2) is 5.76. The number of carbonyl (C=O) groups excluding carboxylic acids is 1. The van der Waals surface area contributed by atoms with E-state index in [0.29, 0.717) is 30.3 Å². The van der Waals surface area contributed by atoms with E-state index in [9.17, 15) is 13.2 Å². The molecule has 0 unspecified atom stereocenters. The van der Waals surface area contributed by atoms with Gasteiger partial charge < -0.3 is 9.80 Å². The Bertz CT molecular complexity index is 767. The summed E-state index contributed by atoms with van der Waals surface area (Å²) in [5.74, 6) is 0.433. The van der Waals surface area contributed by atoms with Crippen LogP contribution in [0.3, 0.4) is 0 Å². The minimum absolute atomic E-state index is 0.00280. The minimum Gasteiger partial charge on any atom is -0.336 e. The Labute approximate surface area is 139 Å². The molecule has 2 aliphatic heterocycles. The smallest absolute Gasteiger partial charge is 0.317 e. The van der Waals surface area contributed by atoms with E-state index >= 15 is 0 Å². The van der Waals surface area contributed by atoms with Gasteiger partial charge in [0.15, 0.2) is 9.84 Å². The zero-order valence-electron chi connectivity index (χ0n) is 12.6. The maximum atomic E-state index is 11.7. The number of rotatable bonds is 2. The number of anilines is 1. The van der Waals surface area contributed by atoms with Gasteiger partial charge in [0.05, 0.1) is 23.2 Å². The van der Waals surface area contributed by atoms with E-state index in [4.69, 9.17) is 11.6 Å². The molecule has 23 heavy (non-hydrogen) atoms. The second-order valence-electron chi connectivity index (χ2n) is 5.89. The lowest BCUT2D eigenvalue weighted by atomic mass is 10.1. The van der Waals surface area contributed by atoms with Crippen molar-refractivity contribution in [2.75, 3.05) is 18.0 Å². The zero-order chi connectivity index (χ0) is 16.8. The Hall–Kier alpha value is -1.67. The van der Waals surface area contributed by atoms with E-state index in [0.717, 1.165) is 0 Å². The van der Waals surface area contributed by atoms with Gasteiger partial charge in [-0.15, -0.1) is 6.58 Å². The van der Waals surface area contributed by atoms with Crippen molar-refractivity contribution < 1.29 is 13.2 Å². The van der Waals surface area contributed by atoms with Gasteiger partial charge in [-0.05, 0) is 18.5 Å². The van der Waals surface area contributed by atoms with Gasteiger partial charge in [-0.3, -0.25) is 4.79 Å². The highest BCUT2D eigenvalue weighted by Crippen LogP contribution is 2.26. The Balaban J connectivity index is 1.87. The Morgan fingerprint density at radius 1 is 1.43 bits per heavy atom. The fraction of sp³-hybridized carbons (Fsp3) is 0.500. The average Bonchev–Trinajstić information content (AvgIpc) is 2.78. The molecule has 7 nitrogen and oxygen atoms in total. The molecule has 2 aliphatic rings. The van der Waals surface area contributed by atoms with Crippen molar-refractivity contribution in [3.05, 3.63) is 30.1 Å². The van der Waals surface area contributed by atoms with E-state index in [2.05, 4.69) is 16.5 Å². The van der Waals surface area contributed by atoms with E-state index in [1.165, 1.54) is 0 Å². The zero-order valence-corrected chi connectivity index (χ0v) is 14.2. The van der Waals surface area contributed by atoms with Crippen molar-refractivity contribution in [2.45, 2.75) is 30.5 Å². The van der Waals surface area contributed by atoms with Crippen LogP contribution in [0.2, 0.25) is 0 Å². The summed E-state index contributed by atoms with van der Waals surface area (Å²) in [7, 11) is -3.11. The predicted octanol–water partition coefficient (Wildman–Crippen LogP) is 1.33. The van der Waals surface area contributed by atoms with E-state index in [1.807, 2.05) is 11.8 Å². The lowest BCUT2D eigenvalue weighted by molar-refractivity contribution is 0.172. The number of aromatic nitrogens is 2. The van der Waals surface area contributed by atoms with E-state index in [-0.39, 0.29) is 23.6 Å². The molecule has 1 amide bonds. The number of halogens is 1. The minimum atomic E-state index is -3.11. The van der Waals surface area contributed by atoms with Crippen LogP contribution in [-0.4, -0.2) is 53.8 Å². The van der Waals surface area contributed by atoms with Gasteiger partial charge in [0.25, 0.3) is 0 Å². The summed E-state index contributed by atoms with van der Waals surface area (Å²) in [6.07, 6.45) is 3.25. The van der Waals surface area contributed by atoms with Gasteiger partial charge in [0, 0.05) is 30.9 Å². The van der Waals surface area contributed by atoms with Crippen molar-refractivity contribution in [3.63, 3.8) is 0 Å². The molecule has 0 aliphatic carbocycles. The molecule has 124 valence electrons. The van der Waals surface area contributed by atoms with Gasteiger partial charge in [-0.1, -0.05) is 6.08 Å². The fourth-order valence-corrected chi connectivity index (χ4v) is 4.88. The normalized spacial score (nSPS) is 26.0. The van der Waals surface area contributed by atoms with Gasteiger partial charge in [0.1, 0.15) is 0 Å². The molecule has 1 saturated heterocycles. The summed E-state index contributed by atoms with van der Waals surface area (Å²) in [6, 6.07) is -0.373. The van der Waals surface area contributed by atoms with Gasteiger partial charge in [-0.2, -0.15) is 0 Å². The lowest BCUT2D eigenvalue weighted by Crippen LogP contribution is -2.58. The number of sulfone groups is 1.